The molecule has 24 heavy (non-hydrogen) atoms. The maximum absolute atomic E-state index is 12.2. The first kappa shape index (κ1) is 16.7. The molecular weight excluding hydrogens is 442 g/mol. The number of amides is 1. The van der Waals surface area contributed by atoms with Crippen LogP contribution < -0.4 is 10.1 Å². The van der Waals surface area contributed by atoms with E-state index in [-0.39, 0.29) is 12.6 Å². The number of hydrogen-bond acceptors (Lipinski definition) is 4. The van der Waals surface area contributed by atoms with Gasteiger partial charge in [-0.1, -0.05) is 15.9 Å². The maximum atomic E-state index is 12.2. The zero-order valence-electron chi connectivity index (χ0n) is 12.6. The highest BCUT2D eigenvalue weighted by Gasteiger charge is 2.15. The van der Waals surface area contributed by atoms with Crippen LogP contribution in [0, 0.1) is 0 Å². The fourth-order valence-electron chi connectivity index (χ4n) is 1.97. The molecule has 2 aromatic heterocycles. The molecule has 1 amide bonds. The fraction of sp³-hybridized carbons (Fsp3) is 0.133. The molecule has 0 atom stereocenters. The number of aromatic nitrogens is 4. The highest BCUT2D eigenvalue weighted by atomic mass is 79.9. The molecule has 0 unspecified atom stereocenters. The highest BCUT2D eigenvalue weighted by Crippen LogP contribution is 2.18. The molecule has 0 fully saturated rings. The molecule has 3 rings (SSSR count). The number of hydrogen-bond donors (Lipinski definition) is 1. The van der Waals surface area contributed by atoms with Crippen LogP contribution in [0.2, 0.25) is 0 Å². The standard InChI is InChI=1S/C15H13Br2N5O2/c1-21-8-13(17)14(20-21)15(23)19-11-6-18-22(7-11)9-24-12-4-2-10(16)3-5-12/h2-8H,9H2,1H3,(H,19,23). The lowest BCUT2D eigenvalue weighted by atomic mass is 10.3. The molecule has 7 nitrogen and oxygen atoms in total. The molecule has 2 heterocycles. The van der Waals surface area contributed by atoms with Gasteiger partial charge in [0.2, 0.25) is 0 Å². The van der Waals surface area contributed by atoms with Gasteiger partial charge >= 0.3 is 0 Å². The van der Waals surface area contributed by atoms with Crippen molar-refractivity contribution < 1.29 is 9.53 Å². The average Bonchev–Trinajstić information content (AvgIpc) is 3.12. The van der Waals surface area contributed by atoms with Crippen LogP contribution in [0.3, 0.4) is 0 Å². The first-order chi connectivity index (χ1) is 11.5. The molecule has 0 radical (unpaired) electrons. The maximum Gasteiger partial charge on any atom is 0.277 e. The van der Waals surface area contributed by atoms with Gasteiger partial charge in [-0.15, -0.1) is 0 Å². The average molecular weight is 455 g/mol. The molecule has 1 N–H and O–H groups in total. The second kappa shape index (κ2) is 7.18. The minimum absolute atomic E-state index is 0.241. The Bertz CT molecular complexity index is 857. The van der Waals surface area contributed by atoms with E-state index in [1.165, 1.54) is 0 Å². The van der Waals surface area contributed by atoms with E-state index in [1.54, 1.807) is 35.0 Å². The predicted molar refractivity (Wildman–Crippen MR) is 95.9 cm³/mol. The lowest BCUT2D eigenvalue weighted by Crippen LogP contribution is -2.13. The molecular formula is C15H13Br2N5O2. The van der Waals surface area contributed by atoms with Gasteiger partial charge in [-0.2, -0.15) is 10.2 Å². The molecule has 0 aliphatic heterocycles. The summed E-state index contributed by atoms with van der Waals surface area (Å²) in [5, 5.41) is 11.0. The van der Waals surface area contributed by atoms with Crippen molar-refractivity contribution >= 4 is 43.5 Å². The number of ether oxygens (including phenoxy) is 1. The Morgan fingerprint density at radius 3 is 2.67 bits per heavy atom. The summed E-state index contributed by atoms with van der Waals surface area (Å²) >= 11 is 6.67. The van der Waals surface area contributed by atoms with Crippen molar-refractivity contribution in [2.75, 3.05) is 5.32 Å². The summed E-state index contributed by atoms with van der Waals surface area (Å²) in [6.07, 6.45) is 4.96. The van der Waals surface area contributed by atoms with Gasteiger partial charge < -0.3 is 10.1 Å². The summed E-state index contributed by atoms with van der Waals surface area (Å²) in [7, 11) is 1.75. The Morgan fingerprint density at radius 1 is 1.25 bits per heavy atom. The van der Waals surface area contributed by atoms with Crippen molar-refractivity contribution in [3.8, 4) is 5.75 Å². The van der Waals surface area contributed by atoms with Crippen LogP contribution in [0.1, 0.15) is 10.5 Å². The van der Waals surface area contributed by atoms with Gasteiger partial charge in [-0.3, -0.25) is 9.48 Å². The minimum atomic E-state index is -0.309. The van der Waals surface area contributed by atoms with Gasteiger partial charge in [0.25, 0.3) is 5.91 Å². The van der Waals surface area contributed by atoms with Gasteiger partial charge in [-0.25, -0.2) is 4.68 Å². The van der Waals surface area contributed by atoms with Crippen molar-refractivity contribution in [2.24, 2.45) is 7.05 Å². The van der Waals surface area contributed by atoms with Crippen molar-refractivity contribution in [1.82, 2.24) is 19.6 Å². The fourth-order valence-corrected chi connectivity index (χ4v) is 2.79. The molecule has 1 aromatic carbocycles. The van der Waals surface area contributed by atoms with Gasteiger partial charge in [0.15, 0.2) is 12.4 Å². The van der Waals surface area contributed by atoms with E-state index in [9.17, 15) is 4.79 Å². The number of halogens is 2. The molecule has 9 heteroatoms. The zero-order valence-corrected chi connectivity index (χ0v) is 15.8. The molecule has 0 aliphatic carbocycles. The van der Waals surface area contributed by atoms with Gasteiger partial charge in [0, 0.05) is 17.7 Å². The molecule has 0 saturated carbocycles. The largest absolute Gasteiger partial charge is 0.471 e. The monoisotopic (exact) mass is 453 g/mol. The highest BCUT2D eigenvalue weighted by molar-refractivity contribution is 9.10. The number of anilines is 1. The van der Waals surface area contributed by atoms with Crippen LogP contribution in [-0.4, -0.2) is 25.5 Å². The van der Waals surface area contributed by atoms with Crippen LogP contribution in [0.15, 0.2) is 51.8 Å². The normalized spacial score (nSPS) is 10.6. The number of carbonyl (C=O) groups is 1. The number of carbonyl (C=O) groups excluding carboxylic acids is 1. The first-order valence-corrected chi connectivity index (χ1v) is 8.51. The summed E-state index contributed by atoms with van der Waals surface area (Å²) in [6.45, 7) is 0.241. The van der Waals surface area contributed by atoms with Crippen molar-refractivity contribution in [1.29, 1.82) is 0 Å². The molecule has 0 bridgehead atoms. The molecule has 124 valence electrons. The van der Waals surface area contributed by atoms with E-state index >= 15 is 0 Å². The lowest BCUT2D eigenvalue weighted by Gasteiger charge is -2.05. The predicted octanol–water partition coefficient (Wildman–Crippen LogP) is 3.43. The van der Waals surface area contributed by atoms with Gasteiger partial charge in [-0.05, 0) is 40.2 Å². The molecule has 0 saturated heterocycles. The quantitative estimate of drug-likeness (QED) is 0.640. The number of nitrogens with zero attached hydrogens (tertiary/aromatic N) is 4. The Morgan fingerprint density at radius 2 is 2.00 bits per heavy atom. The van der Waals surface area contributed by atoms with E-state index in [0.29, 0.717) is 15.9 Å². The third-order valence-corrected chi connectivity index (χ3v) is 4.18. The molecule has 0 spiro atoms. The molecule has 0 aliphatic rings. The summed E-state index contributed by atoms with van der Waals surface area (Å²) < 4.78 is 10.4. The summed E-state index contributed by atoms with van der Waals surface area (Å²) in [5.41, 5.74) is 0.883. The Kier molecular flexibility index (Phi) is 5.00. The number of rotatable bonds is 5. The van der Waals surface area contributed by atoms with Crippen LogP contribution in [0.25, 0.3) is 0 Å². The summed E-state index contributed by atoms with van der Waals surface area (Å²) in [6, 6.07) is 7.51. The van der Waals surface area contributed by atoms with E-state index in [0.717, 1.165) is 10.2 Å². The summed E-state index contributed by atoms with van der Waals surface area (Å²) in [4.78, 5) is 12.2. The van der Waals surface area contributed by atoms with Crippen LogP contribution in [0.4, 0.5) is 5.69 Å². The van der Waals surface area contributed by atoms with E-state index in [4.69, 9.17) is 4.74 Å². The number of nitrogens with one attached hydrogen (secondary N) is 1. The van der Waals surface area contributed by atoms with Gasteiger partial charge in [0.1, 0.15) is 5.75 Å². The Balaban J connectivity index is 1.60. The van der Waals surface area contributed by atoms with Crippen molar-refractivity contribution in [2.45, 2.75) is 6.73 Å². The third-order valence-electron chi connectivity index (χ3n) is 3.07. The lowest BCUT2D eigenvalue weighted by molar-refractivity contribution is 0.102. The Labute approximate surface area is 154 Å². The topological polar surface area (TPSA) is 74.0 Å². The smallest absolute Gasteiger partial charge is 0.277 e. The zero-order chi connectivity index (χ0) is 17.1. The number of benzene rings is 1. The van der Waals surface area contributed by atoms with Crippen LogP contribution >= 0.6 is 31.9 Å². The van der Waals surface area contributed by atoms with Crippen molar-refractivity contribution in [3.63, 3.8) is 0 Å². The van der Waals surface area contributed by atoms with Crippen LogP contribution in [0.5, 0.6) is 5.75 Å². The molecule has 3 aromatic rings. The minimum Gasteiger partial charge on any atom is -0.471 e. The SMILES string of the molecule is Cn1cc(Br)c(C(=O)Nc2cnn(COc3ccc(Br)cc3)c2)n1. The van der Waals surface area contributed by atoms with E-state index in [1.807, 2.05) is 24.3 Å². The van der Waals surface area contributed by atoms with E-state index < -0.39 is 0 Å². The first-order valence-electron chi connectivity index (χ1n) is 6.92. The number of aryl methyl sites for hydroxylation is 1. The summed E-state index contributed by atoms with van der Waals surface area (Å²) in [5.74, 6) is 0.424. The van der Waals surface area contributed by atoms with Gasteiger partial charge in [0.05, 0.1) is 22.6 Å². The second-order valence-electron chi connectivity index (χ2n) is 4.95. The second-order valence-corrected chi connectivity index (χ2v) is 6.72. The van der Waals surface area contributed by atoms with E-state index in [2.05, 4.69) is 47.4 Å². The third kappa shape index (κ3) is 4.04. The Hall–Kier alpha value is -2.13. The van der Waals surface area contributed by atoms with Crippen molar-refractivity contribution in [3.05, 3.63) is 57.5 Å². The van der Waals surface area contributed by atoms with Crippen LogP contribution in [-0.2, 0) is 13.8 Å².